The van der Waals surface area contributed by atoms with Gasteiger partial charge in [0.05, 0.1) is 12.5 Å². The molecule has 0 saturated carbocycles. The van der Waals surface area contributed by atoms with Crippen molar-refractivity contribution in [3.8, 4) is 5.75 Å². The Balaban J connectivity index is 2.46. The summed E-state index contributed by atoms with van der Waals surface area (Å²) in [5.74, 6) is -0.803. The first-order valence-corrected chi connectivity index (χ1v) is 6.00. The van der Waals surface area contributed by atoms with Gasteiger partial charge in [-0.2, -0.15) is 0 Å². The van der Waals surface area contributed by atoms with Gasteiger partial charge in [0.2, 0.25) is 11.8 Å². The van der Waals surface area contributed by atoms with E-state index >= 15 is 0 Å². The summed E-state index contributed by atoms with van der Waals surface area (Å²) in [4.78, 5) is 22.3. The van der Waals surface area contributed by atoms with E-state index in [1.165, 1.54) is 0 Å². The summed E-state index contributed by atoms with van der Waals surface area (Å²) in [6, 6.07) is 5.68. The number of rotatable bonds is 6. The normalized spacial score (nSPS) is 13.6. The Labute approximate surface area is 111 Å². The van der Waals surface area contributed by atoms with Gasteiger partial charge in [0.1, 0.15) is 5.75 Å². The smallest absolute Gasteiger partial charge is 0.237 e. The molecule has 6 heteroatoms. The van der Waals surface area contributed by atoms with Gasteiger partial charge in [-0.15, -0.1) is 0 Å². The lowest BCUT2D eigenvalue weighted by atomic mass is 10.1. The van der Waals surface area contributed by atoms with Crippen LogP contribution in [0, 0.1) is 0 Å². The molecule has 0 radical (unpaired) electrons. The zero-order valence-corrected chi connectivity index (χ0v) is 10.8. The first-order valence-electron chi connectivity index (χ1n) is 6.00. The van der Waals surface area contributed by atoms with Gasteiger partial charge in [0.15, 0.2) is 0 Å². The number of benzene rings is 1. The van der Waals surface area contributed by atoms with E-state index in [9.17, 15) is 9.59 Å². The minimum absolute atomic E-state index is 0.129. The maximum absolute atomic E-state index is 11.6. The number of hydrogen-bond acceptors (Lipinski definition) is 4. The Morgan fingerprint density at radius 3 is 2.42 bits per heavy atom. The number of nitrogens with one attached hydrogen (secondary N) is 1. The number of phenols is 1. The third kappa shape index (κ3) is 5.39. The molecular formula is C13H19N3O3. The lowest BCUT2D eigenvalue weighted by Gasteiger charge is -2.17. The zero-order chi connectivity index (χ0) is 14.4. The topological polar surface area (TPSA) is 118 Å². The predicted octanol–water partition coefficient (Wildman–Crippen LogP) is -0.358. The molecule has 2 amide bonds. The Hall–Kier alpha value is -2.08. The molecule has 104 valence electrons. The number of aromatic hydroxyl groups is 1. The van der Waals surface area contributed by atoms with E-state index in [0.717, 1.165) is 5.56 Å². The number of primary amides is 1. The first-order chi connectivity index (χ1) is 8.88. The van der Waals surface area contributed by atoms with Crippen molar-refractivity contribution >= 4 is 11.8 Å². The molecule has 0 spiro atoms. The number of nitrogens with two attached hydrogens (primary N) is 2. The summed E-state index contributed by atoms with van der Waals surface area (Å²) in [5.41, 5.74) is 11.5. The minimum Gasteiger partial charge on any atom is -0.508 e. The molecule has 1 rings (SSSR count). The summed E-state index contributed by atoms with van der Waals surface area (Å²) >= 11 is 0. The van der Waals surface area contributed by atoms with E-state index in [-0.39, 0.29) is 18.2 Å². The third-order valence-corrected chi connectivity index (χ3v) is 2.62. The summed E-state index contributed by atoms with van der Waals surface area (Å²) in [7, 11) is 0. The van der Waals surface area contributed by atoms with E-state index in [4.69, 9.17) is 16.6 Å². The number of carbonyl (C=O) groups is 2. The SMILES string of the molecule is CC(Cc1ccc(O)cc1)NC(=O)[C@H](N)CC(N)=O. The second-order valence-electron chi connectivity index (χ2n) is 4.56. The Morgan fingerprint density at radius 2 is 1.89 bits per heavy atom. The van der Waals surface area contributed by atoms with Crippen molar-refractivity contribution < 1.29 is 14.7 Å². The minimum atomic E-state index is -0.917. The maximum atomic E-state index is 11.6. The largest absolute Gasteiger partial charge is 0.508 e. The fourth-order valence-electron chi connectivity index (χ4n) is 1.70. The van der Waals surface area contributed by atoms with Crippen molar-refractivity contribution in [1.82, 2.24) is 5.32 Å². The molecule has 6 N–H and O–H groups in total. The van der Waals surface area contributed by atoms with Crippen molar-refractivity contribution in [3.63, 3.8) is 0 Å². The monoisotopic (exact) mass is 265 g/mol. The van der Waals surface area contributed by atoms with Gasteiger partial charge in [-0.3, -0.25) is 9.59 Å². The van der Waals surface area contributed by atoms with Gasteiger partial charge < -0.3 is 21.9 Å². The fraction of sp³-hybridized carbons (Fsp3) is 0.385. The number of carbonyl (C=O) groups excluding carboxylic acids is 2. The molecule has 1 unspecified atom stereocenters. The average molecular weight is 265 g/mol. The molecule has 0 aliphatic rings. The van der Waals surface area contributed by atoms with Crippen LogP contribution in [0.1, 0.15) is 18.9 Å². The second-order valence-corrected chi connectivity index (χ2v) is 4.56. The van der Waals surface area contributed by atoms with Gasteiger partial charge in [-0.05, 0) is 31.0 Å². The van der Waals surface area contributed by atoms with Crippen LogP contribution in [-0.2, 0) is 16.0 Å². The Bertz CT molecular complexity index is 445. The summed E-state index contributed by atoms with van der Waals surface area (Å²) in [5, 5.41) is 11.9. The maximum Gasteiger partial charge on any atom is 0.237 e. The molecule has 0 aromatic heterocycles. The van der Waals surface area contributed by atoms with Crippen LogP contribution in [0.3, 0.4) is 0 Å². The summed E-state index contributed by atoms with van der Waals surface area (Å²) < 4.78 is 0. The quantitative estimate of drug-likeness (QED) is 0.561. The average Bonchev–Trinajstić information content (AvgIpc) is 2.31. The molecule has 0 aliphatic heterocycles. The van der Waals surface area contributed by atoms with E-state index in [0.29, 0.717) is 6.42 Å². The molecule has 1 aromatic carbocycles. The van der Waals surface area contributed by atoms with Crippen molar-refractivity contribution in [2.75, 3.05) is 0 Å². The standard InChI is InChI=1S/C13H19N3O3/c1-8(6-9-2-4-10(17)5-3-9)16-13(19)11(14)7-12(15)18/h2-5,8,11,17H,6-7,14H2,1H3,(H2,15,18)(H,16,19)/t8?,11-/m1/s1. The highest BCUT2D eigenvalue weighted by Gasteiger charge is 2.17. The molecule has 0 aliphatic carbocycles. The van der Waals surface area contributed by atoms with Crippen molar-refractivity contribution in [3.05, 3.63) is 29.8 Å². The number of phenolic OH excluding ortho intramolecular Hbond substituents is 1. The summed E-state index contributed by atoms with van der Waals surface area (Å²) in [6.45, 7) is 1.84. The predicted molar refractivity (Wildman–Crippen MR) is 71.2 cm³/mol. The van der Waals surface area contributed by atoms with Crippen LogP contribution < -0.4 is 16.8 Å². The van der Waals surface area contributed by atoms with Crippen molar-refractivity contribution in [2.24, 2.45) is 11.5 Å². The molecule has 19 heavy (non-hydrogen) atoms. The molecule has 0 bridgehead atoms. The Morgan fingerprint density at radius 1 is 1.32 bits per heavy atom. The van der Waals surface area contributed by atoms with E-state index in [1.54, 1.807) is 24.3 Å². The fourth-order valence-corrected chi connectivity index (χ4v) is 1.70. The first kappa shape index (κ1) is 15.0. The van der Waals surface area contributed by atoms with Crippen LogP contribution in [0.4, 0.5) is 0 Å². The van der Waals surface area contributed by atoms with E-state index < -0.39 is 17.9 Å². The van der Waals surface area contributed by atoms with Gasteiger partial charge in [-0.1, -0.05) is 12.1 Å². The molecule has 0 heterocycles. The highest BCUT2D eigenvalue weighted by molar-refractivity contribution is 5.87. The highest BCUT2D eigenvalue weighted by Crippen LogP contribution is 2.11. The van der Waals surface area contributed by atoms with Crippen LogP contribution in [0.15, 0.2) is 24.3 Å². The van der Waals surface area contributed by atoms with Crippen LogP contribution in [-0.4, -0.2) is 29.0 Å². The zero-order valence-electron chi connectivity index (χ0n) is 10.8. The van der Waals surface area contributed by atoms with Crippen molar-refractivity contribution in [1.29, 1.82) is 0 Å². The van der Waals surface area contributed by atoms with Crippen LogP contribution in [0.25, 0.3) is 0 Å². The van der Waals surface area contributed by atoms with Gasteiger partial charge in [0.25, 0.3) is 0 Å². The van der Waals surface area contributed by atoms with E-state index in [2.05, 4.69) is 5.32 Å². The van der Waals surface area contributed by atoms with Crippen molar-refractivity contribution in [2.45, 2.75) is 31.8 Å². The van der Waals surface area contributed by atoms with Crippen LogP contribution >= 0.6 is 0 Å². The molecule has 0 saturated heterocycles. The second kappa shape index (κ2) is 6.75. The number of hydrogen-bond donors (Lipinski definition) is 4. The van der Waals surface area contributed by atoms with Crippen LogP contribution in [0.5, 0.6) is 5.75 Å². The molecule has 6 nitrogen and oxygen atoms in total. The molecule has 2 atom stereocenters. The van der Waals surface area contributed by atoms with Gasteiger partial charge in [0, 0.05) is 6.04 Å². The molecular weight excluding hydrogens is 246 g/mol. The Kier molecular flexibility index (Phi) is 5.32. The molecule has 1 aromatic rings. The van der Waals surface area contributed by atoms with Crippen LogP contribution in [0.2, 0.25) is 0 Å². The van der Waals surface area contributed by atoms with E-state index in [1.807, 2.05) is 6.92 Å². The van der Waals surface area contributed by atoms with Gasteiger partial charge in [-0.25, -0.2) is 0 Å². The lowest BCUT2D eigenvalue weighted by molar-refractivity contribution is -0.126. The van der Waals surface area contributed by atoms with Gasteiger partial charge >= 0.3 is 0 Å². The molecule has 0 fully saturated rings. The summed E-state index contributed by atoms with van der Waals surface area (Å²) in [6.07, 6.45) is 0.438. The third-order valence-electron chi connectivity index (χ3n) is 2.62. The lowest BCUT2D eigenvalue weighted by Crippen LogP contribution is -2.46. The highest BCUT2D eigenvalue weighted by atomic mass is 16.3. The number of amides is 2.